The first-order valence-corrected chi connectivity index (χ1v) is 8.20. The summed E-state index contributed by atoms with van der Waals surface area (Å²) < 4.78 is 5.97. The molecule has 0 aromatic heterocycles. The Morgan fingerprint density at radius 2 is 1.71 bits per heavy atom. The molecule has 1 heterocycles. The van der Waals surface area contributed by atoms with Crippen molar-refractivity contribution in [3.8, 4) is 5.75 Å². The number of benzene rings is 3. The average Bonchev–Trinajstić information content (AvgIpc) is 3.01. The Labute approximate surface area is 142 Å². The molecule has 3 aromatic carbocycles. The van der Waals surface area contributed by atoms with Gasteiger partial charge in [0, 0.05) is 13.6 Å². The maximum atomic E-state index is 5.97. The molecule has 4 nitrogen and oxygen atoms in total. The molecule has 1 fully saturated rings. The van der Waals surface area contributed by atoms with Crippen molar-refractivity contribution in [2.75, 3.05) is 20.3 Å². The van der Waals surface area contributed by atoms with Crippen LogP contribution in [0.25, 0.3) is 10.8 Å². The minimum Gasteiger partial charge on any atom is -0.477 e. The van der Waals surface area contributed by atoms with E-state index >= 15 is 0 Å². The van der Waals surface area contributed by atoms with Gasteiger partial charge in [0.15, 0.2) is 6.73 Å². The van der Waals surface area contributed by atoms with Crippen molar-refractivity contribution in [1.29, 1.82) is 0 Å². The van der Waals surface area contributed by atoms with Crippen LogP contribution in [0.1, 0.15) is 11.6 Å². The fraction of sp³-hybridized carbons (Fsp3) is 0.200. The maximum absolute atomic E-state index is 5.97. The third kappa shape index (κ3) is 3.12. The third-order valence-electron chi connectivity index (χ3n) is 4.45. The molecule has 1 unspecified atom stereocenters. The molecule has 1 saturated heterocycles. The Bertz CT molecular complexity index is 821. The minimum atomic E-state index is 0.325. The van der Waals surface area contributed by atoms with Crippen LogP contribution in [-0.2, 0) is 0 Å². The highest BCUT2D eigenvalue weighted by Gasteiger charge is 2.28. The van der Waals surface area contributed by atoms with Crippen LogP contribution in [0.2, 0.25) is 0 Å². The summed E-state index contributed by atoms with van der Waals surface area (Å²) in [5.74, 6) is 0.890. The smallest absolute Gasteiger partial charge is 0.155 e. The van der Waals surface area contributed by atoms with Crippen molar-refractivity contribution >= 4 is 10.8 Å². The quantitative estimate of drug-likeness (QED) is 0.795. The van der Waals surface area contributed by atoms with Gasteiger partial charge in [-0.15, -0.1) is 0 Å². The lowest BCUT2D eigenvalue weighted by atomic mass is 10.1. The van der Waals surface area contributed by atoms with Gasteiger partial charge < -0.3 is 4.74 Å². The van der Waals surface area contributed by atoms with Gasteiger partial charge in [-0.05, 0) is 28.5 Å². The van der Waals surface area contributed by atoms with Gasteiger partial charge in [-0.1, -0.05) is 60.7 Å². The van der Waals surface area contributed by atoms with Crippen LogP contribution in [0.3, 0.4) is 0 Å². The van der Waals surface area contributed by atoms with E-state index < -0.39 is 0 Å². The molecule has 4 heteroatoms. The van der Waals surface area contributed by atoms with E-state index in [0.29, 0.717) is 12.8 Å². The fourth-order valence-corrected chi connectivity index (χ4v) is 3.16. The minimum absolute atomic E-state index is 0.325. The Morgan fingerprint density at radius 3 is 2.54 bits per heavy atom. The molecule has 1 atom stereocenters. The first-order valence-electron chi connectivity index (χ1n) is 8.20. The van der Waals surface area contributed by atoms with Crippen molar-refractivity contribution in [1.82, 2.24) is 15.6 Å². The number of hydrogen-bond donors (Lipinski definition) is 1. The van der Waals surface area contributed by atoms with Gasteiger partial charge in [-0.2, -0.15) is 10.5 Å². The van der Waals surface area contributed by atoms with Gasteiger partial charge in [0.05, 0.1) is 6.04 Å². The zero-order valence-electron chi connectivity index (χ0n) is 13.7. The summed E-state index contributed by atoms with van der Waals surface area (Å²) in [6.45, 7) is 1.39. The van der Waals surface area contributed by atoms with E-state index in [1.165, 1.54) is 16.3 Å². The average molecular weight is 319 g/mol. The monoisotopic (exact) mass is 319 g/mol. The molecule has 0 amide bonds. The second-order valence-corrected chi connectivity index (χ2v) is 6.14. The predicted molar refractivity (Wildman–Crippen MR) is 96.2 cm³/mol. The summed E-state index contributed by atoms with van der Waals surface area (Å²) in [5, 5.41) is 6.64. The van der Waals surface area contributed by atoms with Gasteiger partial charge in [0.25, 0.3) is 0 Å². The summed E-state index contributed by atoms with van der Waals surface area (Å²) in [5.41, 5.74) is 4.66. The number of likely N-dealkylation sites (N-methyl/N-ethyl adjacent to an activating group) is 1. The topological polar surface area (TPSA) is 27.7 Å². The van der Waals surface area contributed by atoms with Crippen molar-refractivity contribution in [2.24, 2.45) is 0 Å². The number of fused-ring (bicyclic) bond motifs is 1. The molecular weight excluding hydrogens is 298 g/mol. The summed E-state index contributed by atoms with van der Waals surface area (Å²) >= 11 is 0. The van der Waals surface area contributed by atoms with Gasteiger partial charge in [0.1, 0.15) is 5.75 Å². The van der Waals surface area contributed by atoms with Gasteiger partial charge in [0.2, 0.25) is 0 Å². The Morgan fingerprint density at radius 1 is 0.958 bits per heavy atom. The molecule has 0 saturated carbocycles. The molecule has 0 spiro atoms. The van der Waals surface area contributed by atoms with Crippen molar-refractivity contribution < 1.29 is 4.74 Å². The molecule has 3 aromatic rings. The Balaban J connectivity index is 1.41. The highest BCUT2D eigenvalue weighted by atomic mass is 16.5. The van der Waals surface area contributed by atoms with E-state index in [0.717, 1.165) is 12.3 Å². The summed E-state index contributed by atoms with van der Waals surface area (Å²) in [4.78, 5) is 0. The predicted octanol–water partition coefficient (Wildman–Crippen LogP) is 3.58. The zero-order chi connectivity index (χ0) is 16.4. The first-order chi connectivity index (χ1) is 11.8. The van der Waals surface area contributed by atoms with E-state index in [4.69, 9.17) is 4.74 Å². The highest BCUT2D eigenvalue weighted by molar-refractivity contribution is 5.83. The zero-order valence-corrected chi connectivity index (χ0v) is 13.7. The number of hydrogen-bond acceptors (Lipinski definition) is 4. The molecule has 0 bridgehead atoms. The van der Waals surface area contributed by atoms with Crippen LogP contribution in [0.5, 0.6) is 5.75 Å². The number of nitrogens with zero attached hydrogens (tertiary/aromatic N) is 2. The molecular formula is C20H21N3O. The van der Waals surface area contributed by atoms with Crippen molar-refractivity contribution in [3.05, 3.63) is 78.4 Å². The summed E-state index contributed by atoms with van der Waals surface area (Å²) in [6, 6.07) is 25.4. The molecule has 1 aliphatic rings. The van der Waals surface area contributed by atoms with Crippen molar-refractivity contribution in [2.45, 2.75) is 6.04 Å². The Kier molecular flexibility index (Phi) is 4.17. The van der Waals surface area contributed by atoms with Crippen LogP contribution in [-0.4, -0.2) is 30.3 Å². The van der Waals surface area contributed by atoms with E-state index in [1.807, 2.05) is 18.2 Å². The highest BCUT2D eigenvalue weighted by Crippen LogP contribution is 2.24. The lowest BCUT2D eigenvalue weighted by Gasteiger charge is -2.18. The van der Waals surface area contributed by atoms with Gasteiger partial charge >= 0.3 is 0 Å². The first kappa shape index (κ1) is 15.1. The maximum Gasteiger partial charge on any atom is 0.155 e. The summed E-state index contributed by atoms with van der Waals surface area (Å²) in [6.07, 6.45) is 0. The molecule has 24 heavy (non-hydrogen) atoms. The number of hydrazine groups is 2. The molecule has 122 valence electrons. The number of ether oxygens (including phenoxy) is 1. The molecule has 0 aliphatic carbocycles. The molecule has 1 aliphatic heterocycles. The van der Waals surface area contributed by atoms with Gasteiger partial charge in [-0.3, -0.25) is 0 Å². The van der Waals surface area contributed by atoms with Crippen LogP contribution >= 0.6 is 0 Å². The van der Waals surface area contributed by atoms with E-state index in [1.54, 1.807) is 0 Å². The second-order valence-electron chi connectivity index (χ2n) is 6.14. The molecule has 1 N–H and O–H groups in total. The lowest BCUT2D eigenvalue weighted by Crippen LogP contribution is -2.39. The van der Waals surface area contributed by atoms with Crippen LogP contribution < -0.4 is 10.3 Å². The van der Waals surface area contributed by atoms with E-state index in [2.05, 4.69) is 77.2 Å². The standard InChI is InChI=1S/C20H21N3O/c1-22-20(17-8-3-2-4-9-17)14-23(21-22)15-24-19-12-11-16-7-5-6-10-18(16)13-19/h2-13,20-21H,14-15H2,1H3. The second kappa shape index (κ2) is 6.61. The third-order valence-corrected chi connectivity index (χ3v) is 4.45. The van der Waals surface area contributed by atoms with E-state index in [9.17, 15) is 0 Å². The van der Waals surface area contributed by atoms with Crippen molar-refractivity contribution in [3.63, 3.8) is 0 Å². The Hall–Kier alpha value is -2.40. The SMILES string of the molecule is CN1NN(COc2ccc3ccccc3c2)CC1c1ccccc1. The molecule has 4 rings (SSSR count). The number of rotatable bonds is 4. The van der Waals surface area contributed by atoms with Crippen LogP contribution in [0, 0.1) is 0 Å². The van der Waals surface area contributed by atoms with Crippen LogP contribution in [0.15, 0.2) is 72.8 Å². The van der Waals surface area contributed by atoms with Crippen LogP contribution in [0.4, 0.5) is 0 Å². The summed E-state index contributed by atoms with van der Waals surface area (Å²) in [7, 11) is 2.06. The molecule has 0 radical (unpaired) electrons. The van der Waals surface area contributed by atoms with E-state index in [-0.39, 0.29) is 0 Å². The largest absolute Gasteiger partial charge is 0.477 e. The number of nitrogens with one attached hydrogen (secondary N) is 1. The lowest BCUT2D eigenvalue weighted by molar-refractivity contribution is 0.0594. The fourth-order valence-electron chi connectivity index (χ4n) is 3.16. The van der Waals surface area contributed by atoms with Gasteiger partial charge in [-0.25, -0.2) is 5.01 Å². The normalized spacial score (nSPS) is 19.0.